The van der Waals surface area contributed by atoms with Gasteiger partial charge in [0.1, 0.15) is 18.8 Å². The summed E-state index contributed by atoms with van der Waals surface area (Å²) in [6, 6.07) is 9.48. The van der Waals surface area contributed by atoms with E-state index in [0.717, 1.165) is 54.6 Å². The van der Waals surface area contributed by atoms with Gasteiger partial charge in [-0.2, -0.15) is 0 Å². The molecule has 0 bridgehead atoms. The number of amides is 1. The first kappa shape index (κ1) is 29.9. The van der Waals surface area contributed by atoms with E-state index in [0.29, 0.717) is 36.2 Å². The topological polar surface area (TPSA) is 97.8 Å². The van der Waals surface area contributed by atoms with Gasteiger partial charge >= 0.3 is 6.09 Å². The van der Waals surface area contributed by atoms with E-state index in [2.05, 4.69) is 51.0 Å². The molecule has 0 radical (unpaired) electrons. The first-order valence-electron chi connectivity index (χ1n) is 12.5. The van der Waals surface area contributed by atoms with E-state index in [1.54, 1.807) is 0 Å². The van der Waals surface area contributed by atoms with Crippen LogP contribution in [0.4, 0.5) is 22.0 Å². The number of ether oxygens (including phenoxy) is 3. The third-order valence-corrected chi connectivity index (χ3v) is 5.93. The van der Waals surface area contributed by atoms with Gasteiger partial charge in [-0.05, 0) is 56.3 Å². The standard InChI is InChI=1S/C27H37N5O4.ClH/c1-6-9-13-35-24-16-21-23(17-25(24)36-14-12-32(7-2)8-3)28-18-29-26(21)30-20-10-11-22(19(4)15-20)31-27(33)34-5;/h10-11,15-18H,6-9,12-14H2,1-5H3,(H,31,33)(H,28,29,30);1H. The molecule has 10 heteroatoms. The van der Waals surface area contributed by atoms with E-state index in [1.165, 1.54) is 13.4 Å². The Bertz CT molecular complexity index is 1160. The first-order valence-corrected chi connectivity index (χ1v) is 12.5. The number of carbonyl (C=O) groups excluding carboxylic acids is 1. The van der Waals surface area contributed by atoms with Gasteiger partial charge in [-0.25, -0.2) is 14.8 Å². The zero-order chi connectivity index (χ0) is 25.9. The zero-order valence-corrected chi connectivity index (χ0v) is 23.1. The van der Waals surface area contributed by atoms with Crippen LogP contribution in [0.25, 0.3) is 10.9 Å². The molecule has 0 spiro atoms. The Balaban J connectivity index is 0.00000481. The van der Waals surface area contributed by atoms with Gasteiger partial charge in [0.05, 0.1) is 19.2 Å². The van der Waals surface area contributed by atoms with Gasteiger partial charge in [0.25, 0.3) is 0 Å². The molecule has 37 heavy (non-hydrogen) atoms. The summed E-state index contributed by atoms with van der Waals surface area (Å²) in [5.41, 5.74) is 3.15. The monoisotopic (exact) mass is 531 g/mol. The number of anilines is 3. The number of unbranched alkanes of at least 4 members (excludes halogenated alkanes) is 1. The van der Waals surface area contributed by atoms with Crippen molar-refractivity contribution in [3.63, 3.8) is 0 Å². The Morgan fingerprint density at radius 2 is 1.73 bits per heavy atom. The van der Waals surface area contributed by atoms with Crippen molar-refractivity contribution in [3.05, 3.63) is 42.2 Å². The average Bonchev–Trinajstić information content (AvgIpc) is 2.88. The highest BCUT2D eigenvalue weighted by atomic mass is 35.5. The second-order valence-electron chi connectivity index (χ2n) is 8.39. The lowest BCUT2D eigenvalue weighted by atomic mass is 10.1. The molecule has 1 amide bonds. The van der Waals surface area contributed by atoms with Crippen molar-refractivity contribution in [1.82, 2.24) is 14.9 Å². The number of likely N-dealkylation sites (N-methyl/N-ethyl adjacent to an activating group) is 1. The Morgan fingerprint density at radius 3 is 2.41 bits per heavy atom. The Kier molecular flexibility index (Phi) is 12.2. The van der Waals surface area contributed by atoms with Gasteiger partial charge < -0.3 is 24.4 Å². The highest BCUT2D eigenvalue weighted by Crippen LogP contribution is 2.35. The summed E-state index contributed by atoms with van der Waals surface area (Å²) in [5.74, 6) is 2.02. The predicted octanol–water partition coefficient (Wildman–Crippen LogP) is 6.18. The zero-order valence-electron chi connectivity index (χ0n) is 22.3. The van der Waals surface area contributed by atoms with E-state index >= 15 is 0 Å². The molecule has 3 aromatic rings. The van der Waals surface area contributed by atoms with Crippen LogP contribution in [0.5, 0.6) is 11.5 Å². The number of nitrogens with zero attached hydrogens (tertiary/aromatic N) is 3. The molecule has 2 N–H and O–H groups in total. The average molecular weight is 532 g/mol. The summed E-state index contributed by atoms with van der Waals surface area (Å²) >= 11 is 0. The van der Waals surface area contributed by atoms with Crippen LogP contribution in [0.1, 0.15) is 39.2 Å². The van der Waals surface area contributed by atoms with Crippen molar-refractivity contribution in [2.24, 2.45) is 0 Å². The maximum absolute atomic E-state index is 11.5. The number of fused-ring (bicyclic) bond motifs is 1. The van der Waals surface area contributed by atoms with Crippen LogP contribution < -0.4 is 20.1 Å². The molecule has 0 aliphatic carbocycles. The van der Waals surface area contributed by atoms with Gasteiger partial charge in [0.15, 0.2) is 11.5 Å². The maximum Gasteiger partial charge on any atom is 0.411 e. The molecule has 0 atom stereocenters. The lowest BCUT2D eigenvalue weighted by molar-refractivity contribution is 0.187. The largest absolute Gasteiger partial charge is 0.490 e. The van der Waals surface area contributed by atoms with Crippen molar-refractivity contribution >= 4 is 46.6 Å². The molecule has 0 unspecified atom stereocenters. The van der Waals surface area contributed by atoms with Crippen LogP contribution in [0.3, 0.4) is 0 Å². The number of aromatic nitrogens is 2. The van der Waals surface area contributed by atoms with Crippen LogP contribution in [0.2, 0.25) is 0 Å². The van der Waals surface area contributed by atoms with E-state index in [1.807, 2.05) is 37.3 Å². The van der Waals surface area contributed by atoms with Crippen molar-refractivity contribution in [2.75, 3.05) is 50.6 Å². The minimum atomic E-state index is -0.508. The second-order valence-corrected chi connectivity index (χ2v) is 8.39. The normalized spacial score (nSPS) is 10.6. The summed E-state index contributed by atoms with van der Waals surface area (Å²) < 4.78 is 16.9. The number of aryl methyl sites for hydroxylation is 1. The molecule has 3 rings (SSSR count). The molecule has 0 aliphatic rings. The van der Waals surface area contributed by atoms with Crippen molar-refractivity contribution < 1.29 is 19.0 Å². The molecule has 1 heterocycles. The number of benzene rings is 2. The minimum absolute atomic E-state index is 0. The predicted molar refractivity (Wildman–Crippen MR) is 151 cm³/mol. The fourth-order valence-corrected chi connectivity index (χ4v) is 3.72. The summed E-state index contributed by atoms with van der Waals surface area (Å²) in [4.78, 5) is 22.8. The van der Waals surface area contributed by atoms with Crippen molar-refractivity contribution in [1.29, 1.82) is 0 Å². The molecule has 0 saturated carbocycles. The number of nitrogens with one attached hydrogen (secondary N) is 2. The van der Waals surface area contributed by atoms with Gasteiger partial charge in [-0.3, -0.25) is 5.32 Å². The quantitative estimate of drug-likeness (QED) is 0.252. The number of carbonyl (C=O) groups is 1. The van der Waals surface area contributed by atoms with Crippen molar-refractivity contribution in [2.45, 2.75) is 40.5 Å². The number of methoxy groups -OCH3 is 1. The highest BCUT2D eigenvalue weighted by Gasteiger charge is 2.14. The fraction of sp³-hybridized carbons (Fsp3) is 0.444. The Labute approximate surface area is 225 Å². The summed E-state index contributed by atoms with van der Waals surface area (Å²) in [7, 11) is 1.34. The number of hydrogen-bond acceptors (Lipinski definition) is 8. The van der Waals surface area contributed by atoms with Gasteiger partial charge in [-0.15, -0.1) is 12.4 Å². The second kappa shape index (κ2) is 15.1. The van der Waals surface area contributed by atoms with Crippen LogP contribution in [-0.2, 0) is 4.74 Å². The maximum atomic E-state index is 11.5. The van der Waals surface area contributed by atoms with Gasteiger partial charge in [0.2, 0.25) is 0 Å². The van der Waals surface area contributed by atoms with Crippen LogP contribution in [0.15, 0.2) is 36.7 Å². The number of halogens is 1. The lowest BCUT2D eigenvalue weighted by Gasteiger charge is -2.19. The summed E-state index contributed by atoms with van der Waals surface area (Å²) in [5, 5.41) is 6.90. The SMILES string of the molecule is CCCCOc1cc2c(Nc3ccc(NC(=O)OC)c(C)c3)ncnc2cc1OCCN(CC)CC.Cl. The molecule has 0 fully saturated rings. The molecule has 9 nitrogen and oxygen atoms in total. The van der Waals surface area contributed by atoms with Gasteiger partial charge in [-0.1, -0.05) is 27.2 Å². The van der Waals surface area contributed by atoms with E-state index in [4.69, 9.17) is 9.47 Å². The molecule has 202 valence electrons. The van der Waals surface area contributed by atoms with Crippen LogP contribution >= 0.6 is 12.4 Å². The van der Waals surface area contributed by atoms with Crippen LogP contribution in [-0.4, -0.2) is 60.9 Å². The molecule has 0 aliphatic heterocycles. The third-order valence-electron chi connectivity index (χ3n) is 5.93. The van der Waals surface area contributed by atoms with E-state index in [-0.39, 0.29) is 12.4 Å². The van der Waals surface area contributed by atoms with Crippen LogP contribution in [0, 0.1) is 6.92 Å². The third kappa shape index (κ3) is 8.36. The molecule has 0 saturated heterocycles. The smallest absolute Gasteiger partial charge is 0.411 e. The Hall–Kier alpha value is -3.30. The molecule has 2 aromatic carbocycles. The minimum Gasteiger partial charge on any atom is -0.490 e. The number of rotatable bonds is 13. The number of hydrogen-bond donors (Lipinski definition) is 2. The molecule has 1 aromatic heterocycles. The lowest BCUT2D eigenvalue weighted by Crippen LogP contribution is -2.28. The highest BCUT2D eigenvalue weighted by molar-refractivity contribution is 5.93. The van der Waals surface area contributed by atoms with Gasteiger partial charge in [0, 0.05) is 29.4 Å². The fourth-order valence-electron chi connectivity index (χ4n) is 3.72. The van der Waals surface area contributed by atoms with E-state index < -0.39 is 6.09 Å². The molecular weight excluding hydrogens is 494 g/mol. The summed E-state index contributed by atoms with van der Waals surface area (Å²) in [6.07, 6.45) is 3.02. The van der Waals surface area contributed by atoms with E-state index in [9.17, 15) is 4.79 Å². The first-order chi connectivity index (χ1) is 17.5. The van der Waals surface area contributed by atoms with Crippen molar-refractivity contribution in [3.8, 4) is 11.5 Å². The Morgan fingerprint density at radius 1 is 1.00 bits per heavy atom. The summed E-state index contributed by atoms with van der Waals surface area (Å²) in [6.45, 7) is 12.3. The molecular formula is C27H38ClN5O4.